The lowest BCUT2D eigenvalue weighted by atomic mass is 10.4. The molecule has 0 atom stereocenters. The van der Waals surface area contributed by atoms with Crippen molar-refractivity contribution in [2.24, 2.45) is 0 Å². The zero-order valence-electron chi connectivity index (χ0n) is 6.95. The summed E-state index contributed by atoms with van der Waals surface area (Å²) in [5.74, 6) is 0. The van der Waals surface area contributed by atoms with E-state index in [0.29, 0.717) is 0 Å². The van der Waals surface area contributed by atoms with E-state index in [0.717, 1.165) is 6.07 Å². The van der Waals surface area contributed by atoms with Crippen LogP contribution >= 0.6 is 15.9 Å². The number of halogens is 1. The van der Waals surface area contributed by atoms with Gasteiger partial charge >= 0.3 is 0 Å². The van der Waals surface area contributed by atoms with Crippen molar-refractivity contribution in [2.45, 2.75) is 9.79 Å². The van der Waals surface area contributed by atoms with Gasteiger partial charge in [-0.15, -0.1) is 0 Å². The molecule has 0 aliphatic carbocycles. The largest absolute Gasteiger partial charge is 0.297 e. The zero-order chi connectivity index (χ0) is 11.9. The summed E-state index contributed by atoms with van der Waals surface area (Å²) in [6.07, 6.45) is 0. The van der Waals surface area contributed by atoms with Gasteiger partial charge in [-0.05, 0) is 28.1 Å². The molecule has 0 saturated carbocycles. The first-order chi connectivity index (χ1) is 6.64. The van der Waals surface area contributed by atoms with Gasteiger partial charge in [0.2, 0.25) is 0 Å². The van der Waals surface area contributed by atoms with E-state index in [9.17, 15) is 16.8 Å². The summed E-state index contributed by atoms with van der Waals surface area (Å²) in [4.78, 5) is -1.76. The molecule has 0 amide bonds. The van der Waals surface area contributed by atoms with Crippen LogP contribution < -0.4 is 0 Å². The van der Waals surface area contributed by atoms with E-state index in [-0.39, 0.29) is 4.47 Å². The highest BCUT2D eigenvalue weighted by molar-refractivity contribution is 9.10. The third-order valence-electron chi connectivity index (χ3n) is 1.47. The minimum atomic E-state index is -4.73. The Morgan fingerprint density at radius 3 is 1.87 bits per heavy atom. The number of hydrogen-bond donors (Lipinski definition) is 2. The Kier molecular flexibility index (Phi) is 3.22. The summed E-state index contributed by atoms with van der Waals surface area (Å²) in [5, 5.41) is 0. The average Bonchev–Trinajstić information content (AvgIpc) is 1.99. The van der Waals surface area contributed by atoms with Crippen LogP contribution in [0.4, 0.5) is 0 Å². The molecule has 2 N–H and O–H groups in total. The molecule has 0 unspecified atom stereocenters. The molecular weight excluding hydrogens is 312 g/mol. The van der Waals surface area contributed by atoms with E-state index in [1.165, 1.54) is 12.1 Å². The van der Waals surface area contributed by atoms with Crippen LogP contribution in [0.2, 0.25) is 0 Å². The molecule has 0 saturated heterocycles. The van der Waals surface area contributed by atoms with Gasteiger partial charge in [-0.1, -0.05) is 6.07 Å². The van der Waals surface area contributed by atoms with Gasteiger partial charge in [-0.3, -0.25) is 9.11 Å². The number of rotatable bonds is 2. The molecule has 1 rings (SSSR count). The zero-order valence-corrected chi connectivity index (χ0v) is 10.2. The highest BCUT2D eigenvalue weighted by atomic mass is 79.9. The molecule has 0 spiro atoms. The second kappa shape index (κ2) is 3.83. The molecule has 6 nitrogen and oxygen atoms in total. The second-order valence-corrected chi connectivity index (χ2v) is 6.12. The fourth-order valence-electron chi connectivity index (χ4n) is 0.943. The molecular formula is C6H5BrO6S2. The van der Waals surface area contributed by atoms with Gasteiger partial charge in [0.05, 0.1) is 0 Å². The van der Waals surface area contributed by atoms with E-state index in [4.69, 9.17) is 9.11 Å². The third kappa shape index (κ3) is 2.75. The minimum Gasteiger partial charge on any atom is -0.282 e. The lowest BCUT2D eigenvalue weighted by Gasteiger charge is -2.05. The van der Waals surface area contributed by atoms with E-state index in [2.05, 4.69) is 15.9 Å². The Balaban J connectivity index is 3.79. The Hall–Kier alpha value is -0.480. The fraction of sp³-hybridized carbons (Fsp3) is 0. The van der Waals surface area contributed by atoms with Crippen LogP contribution in [0.25, 0.3) is 0 Å². The predicted molar refractivity (Wildman–Crippen MR) is 53.8 cm³/mol. The van der Waals surface area contributed by atoms with Gasteiger partial charge in [0.15, 0.2) is 0 Å². The summed E-state index contributed by atoms with van der Waals surface area (Å²) in [5.41, 5.74) is 0. The molecule has 0 bridgehead atoms. The van der Waals surface area contributed by atoms with Crippen molar-refractivity contribution in [3.63, 3.8) is 0 Å². The van der Waals surface area contributed by atoms with Crippen LogP contribution in [0.1, 0.15) is 0 Å². The molecule has 0 radical (unpaired) electrons. The molecule has 0 aliphatic heterocycles. The quantitative estimate of drug-likeness (QED) is 0.786. The standard InChI is InChI=1S/C6H5BrO6S2/c7-4-2-1-3-5(14(8,9)10)6(4)15(11,12)13/h1-3H,(H,8,9,10)(H,11,12,13). The highest BCUT2D eigenvalue weighted by Gasteiger charge is 2.25. The van der Waals surface area contributed by atoms with Gasteiger partial charge in [0.1, 0.15) is 9.79 Å². The number of benzene rings is 1. The average molecular weight is 317 g/mol. The van der Waals surface area contributed by atoms with E-state index >= 15 is 0 Å². The van der Waals surface area contributed by atoms with Gasteiger partial charge in [-0.2, -0.15) is 16.8 Å². The molecule has 15 heavy (non-hydrogen) atoms. The maximum Gasteiger partial charge on any atom is 0.297 e. The Labute approximate surface area is 94.6 Å². The van der Waals surface area contributed by atoms with Crippen LogP contribution in [0, 0.1) is 0 Å². The Morgan fingerprint density at radius 1 is 1.00 bits per heavy atom. The topological polar surface area (TPSA) is 109 Å². The summed E-state index contributed by atoms with van der Waals surface area (Å²) in [6, 6.07) is 3.29. The van der Waals surface area contributed by atoms with Crippen molar-refractivity contribution in [3.8, 4) is 0 Å². The van der Waals surface area contributed by atoms with Crippen molar-refractivity contribution in [2.75, 3.05) is 0 Å². The Morgan fingerprint density at radius 2 is 1.53 bits per heavy atom. The van der Waals surface area contributed by atoms with Crippen LogP contribution in [0.5, 0.6) is 0 Å². The minimum absolute atomic E-state index is 0.153. The van der Waals surface area contributed by atoms with Gasteiger partial charge in [0.25, 0.3) is 20.2 Å². The normalized spacial score (nSPS) is 12.7. The maximum atomic E-state index is 10.9. The molecule has 9 heteroatoms. The summed E-state index contributed by atoms with van der Waals surface area (Å²) < 4.78 is 60.7. The van der Waals surface area contributed by atoms with E-state index < -0.39 is 30.0 Å². The monoisotopic (exact) mass is 316 g/mol. The van der Waals surface area contributed by atoms with Gasteiger partial charge < -0.3 is 0 Å². The van der Waals surface area contributed by atoms with Crippen LogP contribution in [-0.2, 0) is 20.2 Å². The van der Waals surface area contributed by atoms with Crippen molar-refractivity contribution in [1.29, 1.82) is 0 Å². The molecule has 0 aromatic heterocycles. The van der Waals surface area contributed by atoms with Crippen LogP contribution in [-0.4, -0.2) is 25.9 Å². The Bertz CT molecular complexity index is 588. The first kappa shape index (κ1) is 12.6. The predicted octanol–water partition coefficient (Wildman–Crippen LogP) is 0.943. The van der Waals surface area contributed by atoms with Crippen molar-refractivity contribution in [1.82, 2.24) is 0 Å². The molecule has 84 valence electrons. The third-order valence-corrected chi connectivity index (χ3v) is 4.37. The fourth-order valence-corrected chi connectivity index (χ4v) is 3.92. The van der Waals surface area contributed by atoms with E-state index in [1.807, 2.05) is 0 Å². The van der Waals surface area contributed by atoms with Crippen LogP contribution in [0.15, 0.2) is 32.5 Å². The molecule has 1 aromatic carbocycles. The van der Waals surface area contributed by atoms with Gasteiger partial charge in [0, 0.05) is 4.47 Å². The van der Waals surface area contributed by atoms with Crippen molar-refractivity contribution < 1.29 is 25.9 Å². The summed E-state index contributed by atoms with van der Waals surface area (Å²) >= 11 is 2.76. The van der Waals surface area contributed by atoms with E-state index in [1.54, 1.807) is 0 Å². The second-order valence-electron chi connectivity index (χ2n) is 2.52. The lowest BCUT2D eigenvalue weighted by Crippen LogP contribution is -2.08. The number of hydrogen-bond acceptors (Lipinski definition) is 4. The van der Waals surface area contributed by atoms with Crippen molar-refractivity contribution >= 4 is 36.2 Å². The summed E-state index contributed by atoms with van der Waals surface area (Å²) in [7, 11) is -9.44. The smallest absolute Gasteiger partial charge is 0.282 e. The summed E-state index contributed by atoms with van der Waals surface area (Å²) in [6.45, 7) is 0. The highest BCUT2D eigenvalue weighted by Crippen LogP contribution is 2.28. The molecule has 0 aliphatic rings. The first-order valence-corrected chi connectivity index (χ1v) is 7.05. The maximum absolute atomic E-state index is 10.9. The molecule has 0 heterocycles. The van der Waals surface area contributed by atoms with Crippen LogP contribution in [0.3, 0.4) is 0 Å². The SMILES string of the molecule is O=S(=O)(O)c1cccc(Br)c1S(=O)(=O)O. The molecule has 1 aromatic rings. The van der Waals surface area contributed by atoms with Gasteiger partial charge in [-0.25, -0.2) is 0 Å². The van der Waals surface area contributed by atoms with Crippen molar-refractivity contribution in [3.05, 3.63) is 22.7 Å². The first-order valence-electron chi connectivity index (χ1n) is 3.37. The molecule has 0 fully saturated rings. The lowest BCUT2D eigenvalue weighted by molar-refractivity contribution is 0.466.